The van der Waals surface area contributed by atoms with Crippen molar-refractivity contribution in [2.75, 3.05) is 13.1 Å². The van der Waals surface area contributed by atoms with Gasteiger partial charge in [0.2, 0.25) is 0 Å². The molecule has 0 saturated carbocycles. The molecule has 1 aliphatic rings. The quantitative estimate of drug-likeness (QED) is 0.800. The van der Waals surface area contributed by atoms with Gasteiger partial charge in [-0.25, -0.2) is 4.98 Å². The highest BCUT2D eigenvalue weighted by molar-refractivity contribution is 7.13. The number of benzene rings is 1. The molecular weight excluding hydrogens is 306 g/mol. The van der Waals surface area contributed by atoms with Crippen LogP contribution in [0.1, 0.15) is 24.8 Å². The van der Waals surface area contributed by atoms with E-state index in [1.54, 1.807) is 11.3 Å². The fraction of sp³-hybridized carbons (Fsp3) is 0.333. The van der Waals surface area contributed by atoms with E-state index in [-0.39, 0.29) is 5.56 Å². The van der Waals surface area contributed by atoms with Gasteiger partial charge in [-0.2, -0.15) is 0 Å². The summed E-state index contributed by atoms with van der Waals surface area (Å²) in [5, 5.41) is 1.97. The first-order valence-corrected chi connectivity index (χ1v) is 8.97. The molecule has 1 aromatic carbocycles. The monoisotopic (exact) mass is 325 g/mol. The van der Waals surface area contributed by atoms with Gasteiger partial charge in [-0.3, -0.25) is 9.69 Å². The summed E-state index contributed by atoms with van der Waals surface area (Å²) in [7, 11) is 0. The van der Waals surface area contributed by atoms with E-state index in [1.807, 2.05) is 23.6 Å². The third kappa shape index (κ3) is 3.07. The van der Waals surface area contributed by atoms with Crippen LogP contribution in [0.15, 0.2) is 40.5 Å². The van der Waals surface area contributed by atoms with Crippen molar-refractivity contribution in [2.45, 2.75) is 25.8 Å². The Morgan fingerprint density at radius 2 is 2.04 bits per heavy atom. The zero-order chi connectivity index (χ0) is 15.6. The molecule has 1 fully saturated rings. The van der Waals surface area contributed by atoms with Crippen molar-refractivity contribution in [3.8, 4) is 10.6 Å². The maximum absolute atomic E-state index is 12.2. The molecule has 0 unspecified atom stereocenters. The number of rotatable bonds is 3. The molecule has 4 nitrogen and oxygen atoms in total. The van der Waals surface area contributed by atoms with Crippen molar-refractivity contribution < 1.29 is 0 Å². The third-order valence-electron chi connectivity index (χ3n) is 4.37. The Bertz CT molecular complexity index is 864. The van der Waals surface area contributed by atoms with Crippen LogP contribution in [0.25, 0.3) is 21.6 Å². The van der Waals surface area contributed by atoms with Gasteiger partial charge in [0, 0.05) is 6.54 Å². The minimum absolute atomic E-state index is 0.122. The number of aromatic nitrogens is 2. The largest absolute Gasteiger partial charge is 0.319 e. The minimum Gasteiger partial charge on any atom is -0.319 e. The molecule has 1 aliphatic heterocycles. The Morgan fingerprint density at radius 3 is 2.83 bits per heavy atom. The second-order valence-corrected chi connectivity index (χ2v) is 7.03. The molecule has 0 bridgehead atoms. The van der Waals surface area contributed by atoms with Crippen molar-refractivity contribution in [2.24, 2.45) is 0 Å². The highest BCUT2D eigenvalue weighted by Crippen LogP contribution is 2.22. The maximum atomic E-state index is 12.2. The summed E-state index contributed by atoms with van der Waals surface area (Å²) in [5.74, 6) is 0. The summed E-state index contributed by atoms with van der Waals surface area (Å²) in [6.45, 7) is 3.32. The number of fused-ring (bicyclic) bond motifs is 1. The van der Waals surface area contributed by atoms with Gasteiger partial charge in [0.15, 0.2) is 0 Å². The molecule has 0 aliphatic carbocycles. The molecule has 1 N–H and O–H groups in total. The molecule has 5 heteroatoms. The number of thiophene rings is 1. The molecule has 23 heavy (non-hydrogen) atoms. The number of aromatic amines is 1. The molecule has 0 radical (unpaired) electrons. The molecule has 0 spiro atoms. The average Bonchev–Trinajstić information content (AvgIpc) is 3.10. The Labute approximate surface area is 138 Å². The summed E-state index contributed by atoms with van der Waals surface area (Å²) in [6.07, 6.45) is 3.94. The third-order valence-corrected chi connectivity index (χ3v) is 5.24. The summed E-state index contributed by atoms with van der Waals surface area (Å²) in [5.41, 5.74) is 3.32. The lowest BCUT2D eigenvalue weighted by Gasteiger charge is -2.26. The number of nitrogens with one attached hydrogen (secondary N) is 1. The van der Waals surface area contributed by atoms with Crippen LogP contribution in [0.3, 0.4) is 0 Å². The van der Waals surface area contributed by atoms with E-state index < -0.39 is 0 Å². The number of likely N-dealkylation sites (tertiary alicyclic amines) is 1. The first-order valence-electron chi connectivity index (χ1n) is 8.09. The summed E-state index contributed by atoms with van der Waals surface area (Å²) in [4.78, 5) is 23.2. The van der Waals surface area contributed by atoms with Crippen LogP contribution >= 0.6 is 11.3 Å². The van der Waals surface area contributed by atoms with Gasteiger partial charge < -0.3 is 4.98 Å². The zero-order valence-electron chi connectivity index (χ0n) is 12.9. The van der Waals surface area contributed by atoms with Crippen molar-refractivity contribution in [1.29, 1.82) is 0 Å². The number of piperidine rings is 1. The van der Waals surface area contributed by atoms with Crippen LogP contribution < -0.4 is 5.56 Å². The molecule has 0 atom stereocenters. The lowest BCUT2D eigenvalue weighted by atomic mass is 10.1. The van der Waals surface area contributed by atoms with Crippen LogP contribution in [-0.4, -0.2) is 28.0 Å². The standard InChI is InChI=1S/C18H19N3OS/c22-18-17(16-5-4-10-23-16)19-15-11-13(6-7-14(15)20-18)12-21-8-2-1-3-9-21/h4-7,10-11H,1-3,8-9,12H2,(H,20,22). The number of H-pyrrole nitrogens is 1. The van der Waals surface area contributed by atoms with Gasteiger partial charge in [0.25, 0.3) is 5.56 Å². The summed E-state index contributed by atoms with van der Waals surface area (Å²) < 4.78 is 0. The highest BCUT2D eigenvalue weighted by Gasteiger charge is 2.12. The van der Waals surface area contributed by atoms with Crippen LogP contribution in [0.2, 0.25) is 0 Å². The summed E-state index contributed by atoms with van der Waals surface area (Å²) >= 11 is 1.54. The SMILES string of the molecule is O=c1[nH]c2ccc(CN3CCCCC3)cc2nc1-c1cccs1. The van der Waals surface area contributed by atoms with Crippen molar-refractivity contribution in [1.82, 2.24) is 14.9 Å². The Kier molecular flexibility index (Phi) is 3.97. The fourth-order valence-electron chi connectivity index (χ4n) is 3.18. The second kappa shape index (κ2) is 6.26. The van der Waals surface area contributed by atoms with Gasteiger partial charge in [0.1, 0.15) is 5.69 Å². The lowest BCUT2D eigenvalue weighted by molar-refractivity contribution is 0.221. The van der Waals surface area contributed by atoms with E-state index in [9.17, 15) is 4.79 Å². The molecule has 1 saturated heterocycles. The van der Waals surface area contributed by atoms with E-state index in [4.69, 9.17) is 0 Å². The Hall–Kier alpha value is -1.98. The van der Waals surface area contributed by atoms with Crippen molar-refractivity contribution in [3.63, 3.8) is 0 Å². The Morgan fingerprint density at radius 1 is 1.17 bits per heavy atom. The van der Waals surface area contributed by atoms with Crippen LogP contribution in [0.4, 0.5) is 0 Å². The Balaban J connectivity index is 1.69. The molecular formula is C18H19N3OS. The normalized spacial score (nSPS) is 16.0. The van der Waals surface area contributed by atoms with Gasteiger partial charge in [-0.05, 0) is 55.1 Å². The average molecular weight is 325 g/mol. The molecule has 0 amide bonds. The van der Waals surface area contributed by atoms with Crippen LogP contribution in [0, 0.1) is 0 Å². The van der Waals surface area contributed by atoms with Gasteiger partial charge >= 0.3 is 0 Å². The molecule has 4 rings (SSSR count). The maximum Gasteiger partial charge on any atom is 0.275 e. The predicted molar refractivity (Wildman–Crippen MR) is 94.8 cm³/mol. The van der Waals surface area contributed by atoms with Crippen molar-refractivity contribution >= 4 is 22.4 Å². The van der Waals surface area contributed by atoms with Gasteiger partial charge in [-0.15, -0.1) is 11.3 Å². The van der Waals surface area contributed by atoms with Crippen molar-refractivity contribution in [3.05, 3.63) is 51.6 Å². The predicted octanol–water partition coefficient (Wildman–Crippen LogP) is 3.64. The lowest BCUT2D eigenvalue weighted by Crippen LogP contribution is -2.29. The second-order valence-electron chi connectivity index (χ2n) is 6.08. The first-order chi connectivity index (χ1) is 11.3. The first kappa shape index (κ1) is 14.6. The minimum atomic E-state index is -0.122. The smallest absolute Gasteiger partial charge is 0.275 e. The van der Waals surface area contributed by atoms with E-state index in [0.717, 1.165) is 22.5 Å². The van der Waals surface area contributed by atoms with E-state index in [2.05, 4.69) is 27.0 Å². The number of hydrogen-bond acceptors (Lipinski definition) is 4. The van der Waals surface area contributed by atoms with E-state index >= 15 is 0 Å². The molecule has 118 valence electrons. The van der Waals surface area contributed by atoms with Crippen LogP contribution in [-0.2, 0) is 6.54 Å². The number of nitrogens with zero attached hydrogens (tertiary/aromatic N) is 2. The topological polar surface area (TPSA) is 49.0 Å². The molecule has 2 aromatic heterocycles. The summed E-state index contributed by atoms with van der Waals surface area (Å²) in [6, 6.07) is 10.1. The van der Waals surface area contributed by atoms with E-state index in [1.165, 1.54) is 37.9 Å². The fourth-order valence-corrected chi connectivity index (χ4v) is 3.89. The van der Waals surface area contributed by atoms with Crippen LogP contribution in [0.5, 0.6) is 0 Å². The van der Waals surface area contributed by atoms with Gasteiger partial charge in [-0.1, -0.05) is 18.6 Å². The number of hydrogen-bond donors (Lipinski definition) is 1. The van der Waals surface area contributed by atoms with Gasteiger partial charge in [0.05, 0.1) is 15.9 Å². The molecule has 3 aromatic rings. The van der Waals surface area contributed by atoms with E-state index in [0.29, 0.717) is 5.69 Å². The highest BCUT2D eigenvalue weighted by atomic mass is 32.1. The zero-order valence-corrected chi connectivity index (χ0v) is 13.7. The molecule has 3 heterocycles.